The SMILES string of the molecule is CCc1nnc(NC(=O)c2ccccc2C#CCO)s1. The fourth-order valence-electron chi connectivity index (χ4n) is 1.54. The van der Waals surface area contributed by atoms with Crippen LogP contribution in [0.25, 0.3) is 0 Å². The fraction of sp³-hybridized carbons (Fsp3) is 0.214. The van der Waals surface area contributed by atoms with Gasteiger partial charge in [0.1, 0.15) is 11.6 Å². The smallest absolute Gasteiger partial charge is 0.258 e. The van der Waals surface area contributed by atoms with Crippen LogP contribution in [-0.4, -0.2) is 27.8 Å². The maximum atomic E-state index is 12.2. The number of nitrogens with one attached hydrogen (secondary N) is 1. The zero-order chi connectivity index (χ0) is 14.4. The second kappa shape index (κ2) is 6.80. The Hall–Kier alpha value is -2.23. The Labute approximate surface area is 120 Å². The number of hydrogen-bond donors (Lipinski definition) is 2. The van der Waals surface area contributed by atoms with Crippen molar-refractivity contribution in [3.63, 3.8) is 0 Å². The predicted molar refractivity (Wildman–Crippen MR) is 77.6 cm³/mol. The summed E-state index contributed by atoms with van der Waals surface area (Å²) in [7, 11) is 0. The molecule has 0 saturated heterocycles. The number of aliphatic hydroxyl groups is 1. The minimum Gasteiger partial charge on any atom is -0.384 e. The summed E-state index contributed by atoms with van der Waals surface area (Å²) >= 11 is 1.35. The van der Waals surface area contributed by atoms with Crippen molar-refractivity contribution in [3.8, 4) is 11.8 Å². The second-order valence-electron chi connectivity index (χ2n) is 3.81. The van der Waals surface area contributed by atoms with Gasteiger partial charge in [0, 0.05) is 5.56 Å². The highest BCUT2D eigenvalue weighted by molar-refractivity contribution is 7.15. The van der Waals surface area contributed by atoms with Crippen LogP contribution in [-0.2, 0) is 6.42 Å². The Morgan fingerprint density at radius 1 is 1.40 bits per heavy atom. The molecule has 20 heavy (non-hydrogen) atoms. The van der Waals surface area contributed by atoms with E-state index in [1.165, 1.54) is 11.3 Å². The van der Waals surface area contributed by atoms with E-state index in [2.05, 4.69) is 27.4 Å². The summed E-state index contributed by atoms with van der Waals surface area (Å²) in [5, 5.41) is 20.6. The summed E-state index contributed by atoms with van der Waals surface area (Å²) in [6.07, 6.45) is 0.784. The summed E-state index contributed by atoms with van der Waals surface area (Å²) in [4.78, 5) is 12.2. The molecule has 2 aromatic rings. The molecule has 0 aliphatic rings. The van der Waals surface area contributed by atoms with Gasteiger partial charge in [0.15, 0.2) is 0 Å². The van der Waals surface area contributed by atoms with Crippen molar-refractivity contribution in [2.24, 2.45) is 0 Å². The lowest BCUT2D eigenvalue weighted by Crippen LogP contribution is -2.13. The van der Waals surface area contributed by atoms with E-state index in [1.54, 1.807) is 24.3 Å². The summed E-state index contributed by atoms with van der Waals surface area (Å²) in [5.41, 5.74) is 1.01. The number of carbonyl (C=O) groups is 1. The molecule has 0 radical (unpaired) electrons. The highest BCUT2D eigenvalue weighted by atomic mass is 32.1. The van der Waals surface area contributed by atoms with E-state index in [-0.39, 0.29) is 12.5 Å². The standard InChI is InChI=1S/C14H13N3O2S/c1-2-12-16-17-14(20-12)15-13(19)11-8-4-3-6-10(11)7-5-9-18/h3-4,6,8,18H,2,9H2,1H3,(H,15,17,19). The van der Waals surface area contributed by atoms with E-state index in [4.69, 9.17) is 5.11 Å². The summed E-state index contributed by atoms with van der Waals surface area (Å²) < 4.78 is 0. The van der Waals surface area contributed by atoms with Crippen LogP contribution in [0.1, 0.15) is 27.9 Å². The van der Waals surface area contributed by atoms with Gasteiger partial charge in [0.25, 0.3) is 5.91 Å². The molecule has 0 saturated carbocycles. The van der Waals surface area contributed by atoms with E-state index in [0.717, 1.165) is 11.4 Å². The zero-order valence-corrected chi connectivity index (χ0v) is 11.7. The number of amides is 1. The van der Waals surface area contributed by atoms with Crippen LogP contribution in [0.3, 0.4) is 0 Å². The highest BCUT2D eigenvalue weighted by Crippen LogP contribution is 2.17. The molecule has 0 aliphatic carbocycles. The van der Waals surface area contributed by atoms with Gasteiger partial charge in [0.05, 0.1) is 5.56 Å². The van der Waals surface area contributed by atoms with Crippen molar-refractivity contribution in [2.45, 2.75) is 13.3 Å². The van der Waals surface area contributed by atoms with Crippen LogP contribution in [0.5, 0.6) is 0 Å². The van der Waals surface area contributed by atoms with Crippen molar-refractivity contribution in [3.05, 3.63) is 40.4 Å². The highest BCUT2D eigenvalue weighted by Gasteiger charge is 2.12. The molecule has 2 N–H and O–H groups in total. The molecule has 0 aliphatic heterocycles. The van der Waals surface area contributed by atoms with E-state index in [1.807, 2.05) is 6.92 Å². The Balaban J connectivity index is 2.20. The number of rotatable bonds is 3. The number of carbonyl (C=O) groups excluding carboxylic acids is 1. The van der Waals surface area contributed by atoms with Gasteiger partial charge in [-0.25, -0.2) is 0 Å². The predicted octanol–water partition coefficient (Wildman–Crippen LogP) is 1.70. The Morgan fingerprint density at radius 2 is 2.20 bits per heavy atom. The number of hydrogen-bond acceptors (Lipinski definition) is 5. The molecule has 1 aromatic heterocycles. The van der Waals surface area contributed by atoms with Crippen molar-refractivity contribution < 1.29 is 9.90 Å². The van der Waals surface area contributed by atoms with Crippen molar-refractivity contribution in [1.82, 2.24) is 10.2 Å². The van der Waals surface area contributed by atoms with Crippen LogP contribution < -0.4 is 5.32 Å². The van der Waals surface area contributed by atoms with Crippen LogP contribution >= 0.6 is 11.3 Å². The van der Waals surface area contributed by atoms with E-state index < -0.39 is 0 Å². The summed E-state index contributed by atoms with van der Waals surface area (Å²) in [6, 6.07) is 6.96. The Morgan fingerprint density at radius 3 is 2.90 bits per heavy atom. The zero-order valence-electron chi connectivity index (χ0n) is 10.9. The largest absolute Gasteiger partial charge is 0.384 e. The molecule has 1 heterocycles. The molecule has 2 rings (SSSR count). The molecule has 5 nitrogen and oxygen atoms in total. The van der Waals surface area contributed by atoms with Gasteiger partial charge in [-0.15, -0.1) is 10.2 Å². The first kappa shape index (κ1) is 14.2. The van der Waals surface area contributed by atoms with Crippen molar-refractivity contribution >= 4 is 22.4 Å². The van der Waals surface area contributed by atoms with Gasteiger partial charge in [-0.05, 0) is 18.6 Å². The van der Waals surface area contributed by atoms with Crippen LogP contribution in [0.2, 0.25) is 0 Å². The topological polar surface area (TPSA) is 75.1 Å². The monoisotopic (exact) mass is 287 g/mol. The second-order valence-corrected chi connectivity index (χ2v) is 4.88. The fourth-order valence-corrected chi connectivity index (χ4v) is 2.21. The molecule has 6 heteroatoms. The van der Waals surface area contributed by atoms with Crippen molar-refractivity contribution in [1.29, 1.82) is 0 Å². The van der Waals surface area contributed by atoms with Gasteiger partial charge in [-0.2, -0.15) is 0 Å². The lowest BCUT2D eigenvalue weighted by molar-refractivity contribution is 0.102. The third kappa shape index (κ3) is 3.41. The first-order chi connectivity index (χ1) is 9.74. The number of aryl methyl sites for hydroxylation is 1. The lowest BCUT2D eigenvalue weighted by atomic mass is 10.1. The first-order valence-corrected chi connectivity index (χ1v) is 6.88. The quantitative estimate of drug-likeness (QED) is 0.843. The van der Waals surface area contributed by atoms with E-state index in [0.29, 0.717) is 16.3 Å². The minimum absolute atomic E-state index is 0.244. The molecule has 0 spiro atoms. The molecule has 1 amide bonds. The molecule has 0 fully saturated rings. The van der Waals surface area contributed by atoms with Gasteiger partial charge < -0.3 is 5.11 Å². The number of aliphatic hydroxyl groups excluding tert-OH is 1. The Bertz CT molecular complexity index is 670. The molecular formula is C14H13N3O2S. The van der Waals surface area contributed by atoms with Crippen molar-refractivity contribution in [2.75, 3.05) is 11.9 Å². The van der Waals surface area contributed by atoms with Gasteiger partial charge in [-0.3, -0.25) is 10.1 Å². The van der Waals surface area contributed by atoms with E-state index >= 15 is 0 Å². The number of anilines is 1. The summed E-state index contributed by atoms with van der Waals surface area (Å²) in [6.45, 7) is 1.73. The molecule has 0 atom stereocenters. The molecular weight excluding hydrogens is 274 g/mol. The lowest BCUT2D eigenvalue weighted by Gasteiger charge is -2.03. The normalized spacial score (nSPS) is 9.70. The molecule has 0 unspecified atom stereocenters. The maximum Gasteiger partial charge on any atom is 0.258 e. The summed E-state index contributed by atoms with van der Waals surface area (Å²) in [5.74, 6) is 5.00. The van der Waals surface area contributed by atoms with Gasteiger partial charge in [-0.1, -0.05) is 42.2 Å². The third-order valence-corrected chi connectivity index (χ3v) is 3.45. The minimum atomic E-state index is -0.286. The van der Waals surface area contributed by atoms with Crippen LogP contribution in [0.4, 0.5) is 5.13 Å². The van der Waals surface area contributed by atoms with Crippen LogP contribution in [0.15, 0.2) is 24.3 Å². The number of nitrogens with zero attached hydrogens (tertiary/aromatic N) is 2. The maximum absolute atomic E-state index is 12.2. The first-order valence-electron chi connectivity index (χ1n) is 6.07. The average molecular weight is 287 g/mol. The molecule has 102 valence electrons. The number of aromatic nitrogens is 2. The molecule has 0 bridgehead atoms. The van der Waals surface area contributed by atoms with Gasteiger partial charge >= 0.3 is 0 Å². The van der Waals surface area contributed by atoms with Crippen LogP contribution in [0, 0.1) is 11.8 Å². The van der Waals surface area contributed by atoms with Gasteiger partial charge in [0.2, 0.25) is 5.13 Å². The van der Waals surface area contributed by atoms with E-state index in [9.17, 15) is 4.79 Å². The molecule has 1 aromatic carbocycles. The number of benzene rings is 1. The third-order valence-electron chi connectivity index (χ3n) is 2.46. The Kier molecular flexibility index (Phi) is 4.82. The average Bonchev–Trinajstić information content (AvgIpc) is 2.93.